The molecule has 100 valence electrons. The highest BCUT2D eigenvalue weighted by atomic mass is 31.2. The van der Waals surface area contributed by atoms with Crippen LogP contribution in [0.4, 0.5) is 0 Å². The lowest BCUT2D eigenvalue weighted by molar-refractivity contribution is -0.142. The van der Waals surface area contributed by atoms with E-state index in [4.69, 9.17) is 0 Å². The van der Waals surface area contributed by atoms with Crippen molar-refractivity contribution in [3.8, 4) is 0 Å². The van der Waals surface area contributed by atoms with E-state index in [9.17, 15) is 14.2 Å². The van der Waals surface area contributed by atoms with Crippen LogP contribution in [-0.2, 0) is 23.6 Å². The molecule has 0 aliphatic heterocycles. The van der Waals surface area contributed by atoms with Crippen molar-refractivity contribution in [2.45, 2.75) is 25.9 Å². The molecule has 0 aromatic carbocycles. The van der Waals surface area contributed by atoms with E-state index in [1.165, 1.54) is 34.7 Å². The number of ether oxygens (including phenoxy) is 2. The van der Waals surface area contributed by atoms with Crippen LogP contribution >= 0.6 is 7.44 Å². The highest BCUT2D eigenvalue weighted by Crippen LogP contribution is 2.32. The van der Waals surface area contributed by atoms with E-state index in [0.29, 0.717) is 0 Å². The van der Waals surface area contributed by atoms with Gasteiger partial charge in [-0.3, -0.25) is 14.2 Å². The fourth-order valence-corrected chi connectivity index (χ4v) is 3.00. The number of carbonyl (C=O) groups is 2. The van der Waals surface area contributed by atoms with Crippen LogP contribution in [0, 0.1) is 0 Å². The molecular formula is C9H19N2O5P. The average molecular weight is 266 g/mol. The Balaban J connectivity index is 4.44. The monoisotopic (exact) mass is 266 g/mol. The Bertz CT molecular complexity index is 305. The van der Waals surface area contributed by atoms with E-state index >= 15 is 0 Å². The molecule has 0 saturated heterocycles. The summed E-state index contributed by atoms with van der Waals surface area (Å²) in [6, 6.07) is -1.46. The lowest BCUT2D eigenvalue weighted by atomic mass is 10.4. The molecule has 2 N–H and O–H groups in total. The van der Waals surface area contributed by atoms with E-state index in [2.05, 4.69) is 19.6 Å². The molecular weight excluding hydrogens is 247 g/mol. The fourth-order valence-electron chi connectivity index (χ4n) is 1.24. The van der Waals surface area contributed by atoms with Crippen LogP contribution in [0.2, 0.25) is 0 Å². The minimum Gasteiger partial charge on any atom is -0.468 e. The molecule has 0 heterocycles. The summed E-state index contributed by atoms with van der Waals surface area (Å²) >= 11 is 0. The quantitative estimate of drug-likeness (QED) is 0.520. The molecule has 0 unspecified atom stereocenters. The molecule has 0 saturated carbocycles. The van der Waals surface area contributed by atoms with Gasteiger partial charge in [0.15, 0.2) is 0 Å². The van der Waals surface area contributed by atoms with Gasteiger partial charge in [-0.05, 0) is 13.8 Å². The minimum absolute atomic E-state index is 0.528. The van der Waals surface area contributed by atoms with Crippen molar-refractivity contribution in [1.82, 2.24) is 10.2 Å². The maximum atomic E-state index is 12.0. The smallest absolute Gasteiger partial charge is 0.322 e. The number of carbonyl (C=O) groups excluding carboxylic acids is 2. The molecule has 0 aromatic rings. The summed E-state index contributed by atoms with van der Waals surface area (Å²) < 4.78 is 21.0. The molecule has 0 aromatic heterocycles. The van der Waals surface area contributed by atoms with Crippen LogP contribution in [0.15, 0.2) is 0 Å². The molecule has 2 atom stereocenters. The maximum absolute atomic E-state index is 12.0. The van der Waals surface area contributed by atoms with Crippen molar-refractivity contribution < 1.29 is 23.6 Å². The second kappa shape index (κ2) is 6.74. The van der Waals surface area contributed by atoms with E-state index in [0.717, 1.165) is 0 Å². The summed E-state index contributed by atoms with van der Waals surface area (Å²) in [6.07, 6.45) is 0. The Hall–Kier alpha value is -0.910. The number of methoxy groups -OCH3 is 2. The van der Waals surface area contributed by atoms with Crippen molar-refractivity contribution in [1.29, 1.82) is 0 Å². The summed E-state index contributed by atoms with van der Waals surface area (Å²) in [4.78, 5) is 22.3. The van der Waals surface area contributed by atoms with Crippen molar-refractivity contribution in [3.63, 3.8) is 0 Å². The lowest BCUT2D eigenvalue weighted by Crippen LogP contribution is -2.40. The number of nitrogens with one attached hydrogen (secondary N) is 2. The summed E-state index contributed by atoms with van der Waals surface area (Å²) in [7, 11) is -0.557. The molecule has 0 bridgehead atoms. The molecule has 0 aliphatic rings. The number of esters is 2. The number of hydrogen-bond donors (Lipinski definition) is 2. The van der Waals surface area contributed by atoms with Crippen molar-refractivity contribution in [2.75, 3.05) is 20.9 Å². The van der Waals surface area contributed by atoms with Gasteiger partial charge in [0.1, 0.15) is 12.1 Å². The Morgan fingerprint density at radius 2 is 1.29 bits per heavy atom. The predicted molar refractivity (Wildman–Crippen MR) is 62.8 cm³/mol. The maximum Gasteiger partial charge on any atom is 0.322 e. The molecule has 0 radical (unpaired) electrons. The van der Waals surface area contributed by atoms with Crippen LogP contribution in [0.3, 0.4) is 0 Å². The van der Waals surface area contributed by atoms with Crippen LogP contribution < -0.4 is 10.2 Å². The molecule has 0 amide bonds. The summed E-state index contributed by atoms with van der Waals surface area (Å²) in [5.41, 5.74) is 0. The third-order valence-electron chi connectivity index (χ3n) is 1.99. The Kier molecular flexibility index (Phi) is 6.37. The first-order valence-corrected chi connectivity index (χ1v) is 7.17. The van der Waals surface area contributed by atoms with E-state index in [1.54, 1.807) is 0 Å². The zero-order valence-electron chi connectivity index (χ0n) is 10.6. The topological polar surface area (TPSA) is 93.7 Å². The van der Waals surface area contributed by atoms with Gasteiger partial charge in [-0.1, -0.05) is 0 Å². The van der Waals surface area contributed by atoms with Gasteiger partial charge in [-0.2, -0.15) is 0 Å². The first kappa shape index (κ1) is 16.1. The van der Waals surface area contributed by atoms with E-state index in [1.807, 2.05) is 0 Å². The SMILES string of the molecule is COC(=O)[C@H](C)NP(C)(=O)N[C@@H](C)C(=O)OC. The number of hydrogen-bond acceptors (Lipinski definition) is 5. The largest absolute Gasteiger partial charge is 0.468 e. The van der Waals surface area contributed by atoms with Gasteiger partial charge in [-0.25, -0.2) is 10.2 Å². The van der Waals surface area contributed by atoms with Gasteiger partial charge >= 0.3 is 11.9 Å². The van der Waals surface area contributed by atoms with Crippen LogP contribution in [0.5, 0.6) is 0 Å². The molecule has 0 rings (SSSR count). The first-order valence-electron chi connectivity index (χ1n) is 5.02. The fraction of sp³-hybridized carbons (Fsp3) is 0.778. The Morgan fingerprint density at radius 1 is 1.00 bits per heavy atom. The molecule has 8 heteroatoms. The molecule has 0 fully saturated rings. The molecule has 7 nitrogen and oxygen atoms in total. The molecule has 0 aliphatic carbocycles. The van der Waals surface area contributed by atoms with Crippen LogP contribution in [0.25, 0.3) is 0 Å². The van der Waals surface area contributed by atoms with Gasteiger partial charge in [-0.15, -0.1) is 0 Å². The van der Waals surface area contributed by atoms with Crippen LogP contribution in [0.1, 0.15) is 13.8 Å². The predicted octanol–water partition coefficient (Wildman–Crippen LogP) is 0.111. The van der Waals surface area contributed by atoms with Gasteiger partial charge < -0.3 is 9.47 Å². The zero-order valence-corrected chi connectivity index (χ0v) is 11.5. The number of rotatable bonds is 6. The van der Waals surface area contributed by atoms with Gasteiger partial charge in [0, 0.05) is 6.66 Å². The lowest BCUT2D eigenvalue weighted by Gasteiger charge is -2.22. The average Bonchev–Trinajstić information content (AvgIpc) is 2.25. The van der Waals surface area contributed by atoms with Gasteiger partial charge in [0.05, 0.1) is 14.2 Å². The van der Waals surface area contributed by atoms with Crippen molar-refractivity contribution in [2.24, 2.45) is 0 Å². The molecule has 0 spiro atoms. The minimum atomic E-state index is -3.04. The van der Waals surface area contributed by atoms with Crippen molar-refractivity contribution in [3.05, 3.63) is 0 Å². The van der Waals surface area contributed by atoms with Crippen LogP contribution in [-0.4, -0.2) is 44.9 Å². The third-order valence-corrected chi connectivity index (χ3v) is 3.75. The highest BCUT2D eigenvalue weighted by Gasteiger charge is 2.26. The van der Waals surface area contributed by atoms with E-state index < -0.39 is 31.5 Å². The molecule has 17 heavy (non-hydrogen) atoms. The normalized spacial score (nSPS) is 14.9. The second-order valence-electron chi connectivity index (χ2n) is 3.67. The summed E-state index contributed by atoms with van der Waals surface area (Å²) in [5.74, 6) is -1.06. The third kappa shape index (κ3) is 5.81. The van der Waals surface area contributed by atoms with E-state index in [-0.39, 0.29) is 0 Å². The summed E-state index contributed by atoms with van der Waals surface area (Å²) in [6.45, 7) is 4.42. The highest BCUT2D eigenvalue weighted by molar-refractivity contribution is 7.59. The summed E-state index contributed by atoms with van der Waals surface area (Å²) in [5, 5.41) is 5.16. The Labute approximate surface area is 101 Å². The van der Waals surface area contributed by atoms with Gasteiger partial charge in [0.25, 0.3) is 0 Å². The zero-order chi connectivity index (χ0) is 13.6. The Morgan fingerprint density at radius 3 is 1.53 bits per heavy atom. The van der Waals surface area contributed by atoms with Crippen molar-refractivity contribution >= 4 is 19.4 Å². The van der Waals surface area contributed by atoms with Gasteiger partial charge in [0.2, 0.25) is 7.44 Å². The first-order chi connectivity index (χ1) is 7.73. The second-order valence-corrected chi connectivity index (χ2v) is 6.04. The standard InChI is InChI=1S/C9H19N2O5P/c1-6(8(12)15-3)10-17(5,14)11-7(2)9(13)16-4/h6-7H,1-5H3,(H2,10,11,14)/t6-,7-/m0/s1.